The molecule has 2 atom stereocenters. The Kier molecular flexibility index (Phi) is 3.02. The van der Waals surface area contributed by atoms with E-state index in [0.29, 0.717) is 0 Å². The topological polar surface area (TPSA) is 66.6 Å². The summed E-state index contributed by atoms with van der Waals surface area (Å²) >= 11 is 0. The predicted molar refractivity (Wildman–Crippen MR) is 41.7 cm³/mol. The van der Waals surface area contributed by atoms with Gasteiger partial charge in [-0.2, -0.15) is 0 Å². The second-order valence-electron chi connectivity index (χ2n) is 3.28. The molecule has 0 bridgehead atoms. The zero-order valence-electron chi connectivity index (χ0n) is 6.99. The first-order valence-corrected chi connectivity index (χ1v) is 4.02. The molecule has 1 heterocycles. The van der Waals surface area contributed by atoms with E-state index < -0.39 is 24.5 Å². The van der Waals surface area contributed by atoms with Crippen molar-refractivity contribution < 1.29 is 18.7 Å². The molecule has 4 nitrogen and oxygen atoms in total. The average Bonchev–Trinajstić information content (AvgIpc) is 2.03. The number of piperidine rings is 1. The molecule has 0 aromatic rings. The van der Waals surface area contributed by atoms with Crippen LogP contribution >= 0.6 is 0 Å². The van der Waals surface area contributed by atoms with E-state index in [9.17, 15) is 13.6 Å². The van der Waals surface area contributed by atoms with Crippen molar-refractivity contribution in [1.29, 1.82) is 0 Å². The van der Waals surface area contributed by atoms with E-state index >= 15 is 0 Å². The Balaban J connectivity index is 2.57. The fourth-order valence-electron chi connectivity index (χ4n) is 1.52. The van der Waals surface area contributed by atoms with E-state index in [1.54, 1.807) is 0 Å². The van der Waals surface area contributed by atoms with Crippen LogP contribution in [0.3, 0.4) is 0 Å². The van der Waals surface area contributed by atoms with Crippen LogP contribution in [0.2, 0.25) is 0 Å². The van der Waals surface area contributed by atoms with E-state index in [0.717, 1.165) is 4.90 Å². The minimum absolute atomic E-state index is 0.110. The molecule has 6 heteroatoms. The summed E-state index contributed by atoms with van der Waals surface area (Å²) in [5.41, 5.74) is 5.45. The molecule has 0 aromatic heterocycles. The summed E-state index contributed by atoms with van der Waals surface area (Å²) in [6, 6.07) is -0.469. The number of rotatable bonds is 1. The fraction of sp³-hybridized carbons (Fsp3) is 0.857. The second kappa shape index (κ2) is 3.87. The van der Waals surface area contributed by atoms with Crippen LogP contribution in [-0.2, 0) is 0 Å². The van der Waals surface area contributed by atoms with Gasteiger partial charge in [-0.05, 0) is 6.42 Å². The van der Waals surface area contributed by atoms with Crippen LogP contribution in [0.4, 0.5) is 13.6 Å². The molecule has 3 N–H and O–H groups in total. The number of alkyl halides is 2. The van der Waals surface area contributed by atoms with Gasteiger partial charge in [-0.25, -0.2) is 13.6 Å². The number of likely N-dealkylation sites (tertiary alicyclic amines) is 1. The molecule has 13 heavy (non-hydrogen) atoms. The van der Waals surface area contributed by atoms with E-state index in [2.05, 4.69) is 0 Å². The maximum Gasteiger partial charge on any atom is 0.407 e. The van der Waals surface area contributed by atoms with Crippen molar-refractivity contribution in [3.05, 3.63) is 0 Å². The van der Waals surface area contributed by atoms with Crippen molar-refractivity contribution in [2.75, 3.05) is 13.1 Å². The van der Waals surface area contributed by atoms with Gasteiger partial charge >= 0.3 is 6.09 Å². The monoisotopic (exact) mass is 194 g/mol. The number of halogens is 2. The lowest BCUT2D eigenvalue weighted by Gasteiger charge is -2.33. The van der Waals surface area contributed by atoms with Crippen molar-refractivity contribution in [3.8, 4) is 0 Å². The molecule has 0 aliphatic carbocycles. The van der Waals surface area contributed by atoms with Gasteiger partial charge in [-0.15, -0.1) is 0 Å². The maximum absolute atomic E-state index is 12.3. The third kappa shape index (κ3) is 2.51. The molecule has 1 saturated heterocycles. The van der Waals surface area contributed by atoms with Gasteiger partial charge in [-0.3, -0.25) is 0 Å². The Morgan fingerprint density at radius 3 is 2.62 bits per heavy atom. The standard InChI is InChI=1S/C7H12F2N2O2/c8-6(9)4-1-5(10)3-11(2-4)7(12)13/h4-6H,1-3,10H2,(H,12,13). The lowest BCUT2D eigenvalue weighted by molar-refractivity contribution is 0.0240. The van der Waals surface area contributed by atoms with Crippen LogP contribution in [0.5, 0.6) is 0 Å². The first kappa shape index (κ1) is 10.2. The molecule has 1 aliphatic heterocycles. The highest BCUT2D eigenvalue weighted by Crippen LogP contribution is 2.21. The SMILES string of the molecule is NC1CC(C(F)F)CN(C(=O)O)C1. The highest BCUT2D eigenvalue weighted by Gasteiger charge is 2.32. The van der Waals surface area contributed by atoms with Crippen molar-refractivity contribution in [3.63, 3.8) is 0 Å². The molecule has 1 amide bonds. The van der Waals surface area contributed by atoms with E-state index in [1.807, 2.05) is 0 Å². The number of carbonyl (C=O) groups is 1. The Morgan fingerprint density at radius 1 is 1.54 bits per heavy atom. The number of hydrogen-bond donors (Lipinski definition) is 2. The van der Waals surface area contributed by atoms with Gasteiger partial charge in [0.05, 0.1) is 0 Å². The summed E-state index contributed by atoms with van der Waals surface area (Å²) in [4.78, 5) is 11.4. The Morgan fingerprint density at radius 2 is 2.15 bits per heavy atom. The molecule has 1 aliphatic rings. The summed E-state index contributed by atoms with van der Waals surface area (Å²) < 4.78 is 24.5. The largest absolute Gasteiger partial charge is 0.465 e. The first-order chi connectivity index (χ1) is 6.00. The third-order valence-electron chi connectivity index (χ3n) is 2.14. The van der Waals surface area contributed by atoms with Crippen LogP contribution in [0, 0.1) is 5.92 Å². The second-order valence-corrected chi connectivity index (χ2v) is 3.28. The lowest BCUT2D eigenvalue weighted by Crippen LogP contribution is -2.50. The molecule has 2 unspecified atom stereocenters. The molecule has 0 spiro atoms. The van der Waals surface area contributed by atoms with Crippen LogP contribution in [-0.4, -0.2) is 41.7 Å². The normalized spacial score (nSPS) is 29.4. The molecule has 1 fully saturated rings. The van der Waals surface area contributed by atoms with Crippen molar-refractivity contribution in [2.24, 2.45) is 11.7 Å². The zero-order chi connectivity index (χ0) is 10.0. The lowest BCUT2D eigenvalue weighted by atomic mass is 9.95. The highest BCUT2D eigenvalue weighted by molar-refractivity contribution is 5.65. The Labute approximate surface area is 74.3 Å². The Hall–Kier alpha value is -0.910. The minimum Gasteiger partial charge on any atom is -0.465 e. The maximum atomic E-state index is 12.3. The number of hydrogen-bond acceptors (Lipinski definition) is 2. The van der Waals surface area contributed by atoms with Crippen LogP contribution in [0.25, 0.3) is 0 Å². The zero-order valence-corrected chi connectivity index (χ0v) is 6.99. The van der Waals surface area contributed by atoms with Crippen LogP contribution in [0.1, 0.15) is 6.42 Å². The molecule has 0 saturated carbocycles. The van der Waals surface area contributed by atoms with Crippen LogP contribution < -0.4 is 5.73 Å². The van der Waals surface area contributed by atoms with Crippen LogP contribution in [0.15, 0.2) is 0 Å². The van der Waals surface area contributed by atoms with E-state index in [1.165, 1.54) is 0 Å². The average molecular weight is 194 g/mol. The van der Waals surface area contributed by atoms with Gasteiger partial charge in [0.1, 0.15) is 0 Å². The van der Waals surface area contributed by atoms with Gasteiger partial charge in [0.15, 0.2) is 0 Å². The molecule has 0 aromatic carbocycles. The van der Waals surface area contributed by atoms with Crippen molar-refractivity contribution >= 4 is 6.09 Å². The van der Waals surface area contributed by atoms with Gasteiger partial charge in [-0.1, -0.05) is 0 Å². The molecule has 76 valence electrons. The van der Waals surface area contributed by atoms with Gasteiger partial charge in [0.2, 0.25) is 6.43 Å². The van der Waals surface area contributed by atoms with Crippen molar-refractivity contribution in [2.45, 2.75) is 18.9 Å². The third-order valence-corrected chi connectivity index (χ3v) is 2.14. The summed E-state index contributed by atoms with van der Waals surface area (Å²) in [7, 11) is 0. The molecular formula is C7H12F2N2O2. The summed E-state index contributed by atoms with van der Waals surface area (Å²) in [6.45, 7) is 0.0409. The van der Waals surface area contributed by atoms with Gasteiger partial charge in [0, 0.05) is 25.0 Å². The predicted octanol–water partition coefficient (Wildman–Crippen LogP) is 0.579. The number of nitrogens with two attached hydrogens (primary N) is 1. The quantitative estimate of drug-likeness (QED) is 0.641. The molecular weight excluding hydrogens is 182 g/mol. The van der Waals surface area contributed by atoms with E-state index in [-0.39, 0.29) is 19.5 Å². The Bertz CT molecular complexity index is 201. The van der Waals surface area contributed by atoms with E-state index in [4.69, 9.17) is 10.8 Å². The molecule has 1 rings (SSSR count). The summed E-state index contributed by atoms with van der Waals surface area (Å²) in [5, 5.41) is 8.58. The number of carboxylic acid groups (broad SMARTS) is 1. The number of nitrogens with zero attached hydrogens (tertiary/aromatic N) is 1. The number of amides is 1. The minimum atomic E-state index is -2.49. The summed E-state index contributed by atoms with van der Waals surface area (Å²) in [6.07, 6.45) is -3.48. The molecule has 0 radical (unpaired) electrons. The van der Waals surface area contributed by atoms with Crippen molar-refractivity contribution in [1.82, 2.24) is 4.90 Å². The highest BCUT2D eigenvalue weighted by atomic mass is 19.3. The fourth-order valence-corrected chi connectivity index (χ4v) is 1.52. The first-order valence-electron chi connectivity index (χ1n) is 4.02. The summed E-state index contributed by atoms with van der Waals surface area (Å²) in [5.74, 6) is -0.917. The smallest absolute Gasteiger partial charge is 0.407 e. The van der Waals surface area contributed by atoms with Gasteiger partial charge in [0.25, 0.3) is 0 Å². The van der Waals surface area contributed by atoms with Gasteiger partial charge < -0.3 is 15.7 Å².